The number of ether oxygens (including phenoxy) is 2. The summed E-state index contributed by atoms with van der Waals surface area (Å²) in [6.07, 6.45) is 0. The minimum absolute atomic E-state index is 0.665. The highest BCUT2D eigenvalue weighted by atomic mass is 32.1. The summed E-state index contributed by atoms with van der Waals surface area (Å²) in [6.45, 7) is 0. The van der Waals surface area contributed by atoms with Gasteiger partial charge in [-0.1, -0.05) is 60.7 Å². The third-order valence-electron chi connectivity index (χ3n) is 7.55. The number of benzene rings is 3. The summed E-state index contributed by atoms with van der Waals surface area (Å²) in [4.78, 5) is 2.42. The summed E-state index contributed by atoms with van der Waals surface area (Å²) in [7, 11) is 0. The molecule has 5 aromatic rings. The van der Waals surface area contributed by atoms with E-state index >= 15 is 0 Å². The lowest BCUT2D eigenvalue weighted by Crippen LogP contribution is -2.57. The Hall–Kier alpha value is -3.34. The number of hydrogen-bond acceptors (Lipinski definition) is 4. The lowest BCUT2D eigenvalue weighted by atomic mass is 9.53. The van der Waals surface area contributed by atoms with Crippen molar-refractivity contribution in [2.45, 2.75) is 11.2 Å². The van der Waals surface area contributed by atoms with Gasteiger partial charge in [0, 0.05) is 44.5 Å². The molecule has 2 aliphatic heterocycles. The highest BCUT2D eigenvalue weighted by molar-refractivity contribution is 7.14. The molecule has 3 aromatic carbocycles. The molecule has 5 aliphatic rings. The van der Waals surface area contributed by atoms with E-state index in [9.17, 15) is 0 Å². The van der Waals surface area contributed by atoms with Gasteiger partial charge in [-0.05, 0) is 22.9 Å². The molecule has 32 heavy (non-hydrogen) atoms. The Bertz CT molecular complexity index is 1480. The smallest absolute Gasteiger partial charge is 0.186 e. The van der Waals surface area contributed by atoms with Gasteiger partial charge in [0.1, 0.15) is 11.5 Å². The van der Waals surface area contributed by atoms with Crippen molar-refractivity contribution in [1.29, 1.82) is 0 Å². The van der Waals surface area contributed by atoms with E-state index in [2.05, 4.69) is 83.6 Å². The number of hydrogen-bond donors (Lipinski definition) is 0. The lowest BCUT2D eigenvalue weighted by molar-refractivity contribution is 0.0765. The first-order valence-electron chi connectivity index (χ1n) is 10.8. The molecule has 2 nitrogen and oxygen atoms in total. The van der Waals surface area contributed by atoms with Crippen LogP contribution in [0.4, 0.5) is 0 Å². The van der Waals surface area contributed by atoms with Gasteiger partial charge in [-0.2, -0.15) is 0 Å². The maximum atomic E-state index is 7.10. The fourth-order valence-corrected chi connectivity index (χ4v) is 8.24. The van der Waals surface area contributed by atoms with Crippen LogP contribution in [0, 0.1) is 0 Å². The van der Waals surface area contributed by atoms with Gasteiger partial charge in [-0.15, -0.1) is 22.7 Å². The maximum Gasteiger partial charge on any atom is 0.186 e. The monoisotopic (exact) mass is 446 g/mol. The molecule has 0 saturated heterocycles. The van der Waals surface area contributed by atoms with Gasteiger partial charge in [-0.25, -0.2) is 0 Å². The molecule has 0 N–H and O–H groups in total. The van der Waals surface area contributed by atoms with Gasteiger partial charge in [0.15, 0.2) is 11.2 Å². The van der Waals surface area contributed by atoms with Gasteiger partial charge >= 0.3 is 0 Å². The van der Waals surface area contributed by atoms with Crippen molar-refractivity contribution in [3.8, 4) is 32.4 Å². The Labute approximate surface area is 192 Å². The molecule has 0 unspecified atom stereocenters. The molecule has 4 heterocycles. The summed E-state index contributed by atoms with van der Waals surface area (Å²) in [6, 6.07) is 26.3. The molecule has 0 radical (unpaired) electrons. The van der Waals surface area contributed by atoms with Crippen LogP contribution in [0.5, 0.6) is 11.5 Å². The average Bonchev–Trinajstić information content (AvgIpc) is 3.51. The fraction of sp³-hybridized carbons (Fsp3) is 0.0714. The summed E-state index contributed by atoms with van der Waals surface area (Å²) in [5, 5.41) is 4.28. The first-order chi connectivity index (χ1) is 15.8. The molecular weight excluding hydrogens is 432 g/mol. The molecule has 0 atom stereocenters. The molecule has 3 aliphatic carbocycles. The predicted molar refractivity (Wildman–Crippen MR) is 127 cm³/mol. The Morgan fingerprint density at radius 1 is 0.500 bits per heavy atom. The summed E-state index contributed by atoms with van der Waals surface area (Å²) in [5.41, 5.74) is 8.53. The second kappa shape index (κ2) is 5.01. The second-order valence-electron chi connectivity index (χ2n) is 8.80. The van der Waals surface area contributed by atoms with Crippen molar-refractivity contribution in [3.05, 3.63) is 117 Å². The molecule has 150 valence electrons. The van der Waals surface area contributed by atoms with Crippen LogP contribution in [0.15, 0.2) is 83.6 Å². The minimum atomic E-state index is -0.665. The Kier molecular flexibility index (Phi) is 2.55. The minimum Gasteiger partial charge on any atom is -0.471 e. The second-order valence-corrected chi connectivity index (χ2v) is 10.6. The summed E-state index contributed by atoms with van der Waals surface area (Å²) >= 11 is 3.51. The summed E-state index contributed by atoms with van der Waals surface area (Å²) < 4.78 is 14.2. The standard InChI is InChI=1S/C28H14O2S2/c1-2-6-18-17(5-1)27-19-7-3-4-8-20(19)28(18)24-16(26-22(30-28)12-14-32-26)10-9-15(23(24)27)25-21(29-27)11-13-31-25/h1-14H. The van der Waals surface area contributed by atoms with Crippen LogP contribution in [-0.4, -0.2) is 0 Å². The van der Waals surface area contributed by atoms with Crippen molar-refractivity contribution >= 4 is 22.7 Å². The largest absolute Gasteiger partial charge is 0.471 e. The van der Waals surface area contributed by atoms with E-state index in [4.69, 9.17) is 9.47 Å². The Morgan fingerprint density at radius 3 is 1.31 bits per heavy atom. The lowest BCUT2D eigenvalue weighted by Gasteiger charge is -2.58. The van der Waals surface area contributed by atoms with Crippen LogP contribution in [0.2, 0.25) is 0 Å². The van der Waals surface area contributed by atoms with E-state index in [0.29, 0.717) is 0 Å². The van der Waals surface area contributed by atoms with E-state index < -0.39 is 11.2 Å². The normalized spacial score (nSPS) is 23.8. The molecule has 0 saturated carbocycles. The van der Waals surface area contributed by atoms with E-state index in [-0.39, 0.29) is 0 Å². The Morgan fingerprint density at radius 2 is 0.906 bits per heavy atom. The van der Waals surface area contributed by atoms with Gasteiger partial charge in [-0.3, -0.25) is 0 Å². The molecule has 0 amide bonds. The third kappa shape index (κ3) is 1.46. The summed E-state index contributed by atoms with van der Waals surface area (Å²) in [5.74, 6) is 1.94. The van der Waals surface area contributed by atoms with Gasteiger partial charge in [0.05, 0.1) is 9.75 Å². The van der Waals surface area contributed by atoms with Crippen molar-refractivity contribution in [1.82, 2.24) is 0 Å². The average molecular weight is 447 g/mol. The first kappa shape index (κ1) is 16.3. The van der Waals surface area contributed by atoms with Crippen LogP contribution >= 0.6 is 22.7 Å². The highest BCUT2D eigenvalue weighted by Crippen LogP contribution is 2.70. The zero-order valence-corrected chi connectivity index (χ0v) is 18.3. The molecular formula is C28H14O2S2. The third-order valence-corrected chi connectivity index (χ3v) is 9.41. The fourth-order valence-electron chi connectivity index (χ4n) is 6.54. The number of fused-ring (bicyclic) bond motifs is 4. The molecule has 0 fully saturated rings. The van der Waals surface area contributed by atoms with E-state index in [0.717, 1.165) is 11.5 Å². The highest BCUT2D eigenvalue weighted by Gasteiger charge is 2.66. The maximum absolute atomic E-state index is 7.10. The zero-order chi connectivity index (χ0) is 20.7. The first-order valence-corrected chi connectivity index (χ1v) is 12.5. The van der Waals surface area contributed by atoms with E-state index in [1.807, 2.05) is 0 Å². The van der Waals surface area contributed by atoms with Crippen molar-refractivity contribution < 1.29 is 9.47 Å². The number of thiophene rings is 2. The van der Waals surface area contributed by atoms with Gasteiger partial charge < -0.3 is 9.47 Å². The van der Waals surface area contributed by atoms with E-state index in [1.54, 1.807) is 22.7 Å². The van der Waals surface area contributed by atoms with Crippen molar-refractivity contribution in [2.75, 3.05) is 0 Å². The predicted octanol–water partition coefficient (Wildman–Crippen LogP) is 7.14. The topological polar surface area (TPSA) is 18.5 Å². The van der Waals surface area contributed by atoms with Crippen molar-refractivity contribution in [3.63, 3.8) is 0 Å². The molecule has 10 rings (SSSR count). The van der Waals surface area contributed by atoms with Crippen molar-refractivity contribution in [2.24, 2.45) is 0 Å². The SMILES string of the molecule is c1ccc2c(c1)C13Oc4ccsc4-c4ccc5c(c41)C2(Oc1ccsc1-5)c1ccccc13. The molecule has 2 spiro atoms. The van der Waals surface area contributed by atoms with Gasteiger partial charge in [0.25, 0.3) is 0 Å². The molecule has 2 aromatic heterocycles. The molecule has 2 bridgehead atoms. The quantitative estimate of drug-likeness (QED) is 0.252. The zero-order valence-electron chi connectivity index (χ0n) is 16.7. The van der Waals surface area contributed by atoms with Gasteiger partial charge in [0.2, 0.25) is 0 Å². The van der Waals surface area contributed by atoms with Crippen LogP contribution < -0.4 is 9.47 Å². The Balaban J connectivity index is 1.61. The van der Waals surface area contributed by atoms with Crippen LogP contribution in [0.1, 0.15) is 33.4 Å². The molecule has 4 heteroatoms. The van der Waals surface area contributed by atoms with Crippen LogP contribution in [0.3, 0.4) is 0 Å². The van der Waals surface area contributed by atoms with E-state index in [1.165, 1.54) is 54.3 Å². The van der Waals surface area contributed by atoms with Crippen LogP contribution in [0.25, 0.3) is 20.9 Å². The van der Waals surface area contributed by atoms with Crippen LogP contribution in [-0.2, 0) is 11.2 Å². The number of rotatable bonds is 0.